The summed E-state index contributed by atoms with van der Waals surface area (Å²) in [6.07, 6.45) is -1.07. The molecule has 0 aromatic carbocycles. The van der Waals surface area contributed by atoms with E-state index < -0.39 is 22.0 Å². The summed E-state index contributed by atoms with van der Waals surface area (Å²) in [5, 5.41) is 18.3. The van der Waals surface area contributed by atoms with Gasteiger partial charge in [-0.1, -0.05) is 0 Å². The van der Waals surface area contributed by atoms with Crippen LogP contribution in [-0.4, -0.2) is 84.3 Å². The molecule has 0 radical (unpaired) electrons. The van der Waals surface area contributed by atoms with Gasteiger partial charge in [-0.25, -0.2) is 0 Å². The number of aliphatic hydroxyl groups is 2. The van der Waals surface area contributed by atoms with Crippen LogP contribution in [0.4, 0.5) is 0 Å². The summed E-state index contributed by atoms with van der Waals surface area (Å²) in [5.74, 6) is -0.632. The Hall–Kier alpha value is -0.250. The first-order valence-corrected chi connectivity index (χ1v) is 6.70. The Morgan fingerprint density at radius 3 is 2.06 bits per heavy atom. The third-order valence-electron chi connectivity index (χ3n) is 2.54. The molecule has 1 unspecified atom stereocenters. The van der Waals surface area contributed by atoms with Crippen molar-refractivity contribution < 1.29 is 23.2 Å². The lowest BCUT2D eigenvalue weighted by atomic mass is 10.3. The van der Waals surface area contributed by atoms with E-state index in [-0.39, 0.29) is 13.3 Å². The van der Waals surface area contributed by atoms with Crippen LogP contribution in [0.1, 0.15) is 0 Å². The Balaban J connectivity index is 2.28. The third kappa shape index (κ3) is 5.19. The van der Waals surface area contributed by atoms with Crippen molar-refractivity contribution in [3.05, 3.63) is 0 Å². The van der Waals surface area contributed by atoms with Gasteiger partial charge in [-0.2, -0.15) is 8.42 Å². The molecule has 0 saturated carbocycles. The largest absolute Gasteiger partial charge is 0.391 e. The second-order valence-electron chi connectivity index (χ2n) is 3.96. The molecule has 1 rings (SSSR count). The zero-order valence-corrected chi connectivity index (χ0v) is 9.80. The van der Waals surface area contributed by atoms with E-state index in [1.165, 1.54) is 0 Å². The van der Waals surface area contributed by atoms with Gasteiger partial charge in [0.1, 0.15) is 5.75 Å². The predicted octanol–water partition coefficient (Wildman–Crippen LogP) is -2.20. The van der Waals surface area contributed by atoms with Crippen molar-refractivity contribution in [3.63, 3.8) is 0 Å². The van der Waals surface area contributed by atoms with Gasteiger partial charge in [0.25, 0.3) is 10.1 Å². The van der Waals surface area contributed by atoms with Crippen molar-refractivity contribution in [2.45, 2.75) is 6.10 Å². The molecule has 1 aliphatic rings. The van der Waals surface area contributed by atoms with Gasteiger partial charge in [0.2, 0.25) is 0 Å². The molecule has 1 fully saturated rings. The Morgan fingerprint density at radius 1 is 1.12 bits per heavy atom. The highest BCUT2D eigenvalue weighted by Crippen LogP contribution is 2.02. The van der Waals surface area contributed by atoms with Crippen LogP contribution in [0.15, 0.2) is 0 Å². The smallest absolute Gasteiger partial charge is 0.267 e. The molecule has 96 valence electrons. The number of β-amino-alcohol motifs (C(OH)–C–C–N with tert-alkyl or cyclic N) is 1. The summed E-state index contributed by atoms with van der Waals surface area (Å²) in [6, 6.07) is 0. The van der Waals surface area contributed by atoms with Crippen LogP contribution in [-0.2, 0) is 10.1 Å². The van der Waals surface area contributed by atoms with E-state index in [1.54, 1.807) is 0 Å². The van der Waals surface area contributed by atoms with Crippen molar-refractivity contribution >= 4 is 10.1 Å². The molecule has 0 bridgehead atoms. The maximum absolute atomic E-state index is 10.5. The highest BCUT2D eigenvalue weighted by Gasteiger charge is 2.21. The van der Waals surface area contributed by atoms with Crippen molar-refractivity contribution in [3.8, 4) is 0 Å². The zero-order valence-electron chi connectivity index (χ0n) is 8.99. The predicted molar refractivity (Wildman–Crippen MR) is 57.5 cm³/mol. The van der Waals surface area contributed by atoms with Gasteiger partial charge in [-0.05, 0) is 0 Å². The number of rotatable bonds is 5. The monoisotopic (exact) mass is 254 g/mol. The molecule has 16 heavy (non-hydrogen) atoms. The summed E-state index contributed by atoms with van der Waals surface area (Å²) in [7, 11) is -4.12. The molecule has 0 amide bonds. The van der Waals surface area contributed by atoms with Gasteiger partial charge in [0.05, 0.1) is 12.8 Å². The van der Waals surface area contributed by atoms with Gasteiger partial charge < -0.3 is 10.2 Å². The second kappa shape index (κ2) is 5.89. The zero-order chi connectivity index (χ0) is 12.2. The molecule has 3 N–H and O–H groups in total. The van der Waals surface area contributed by atoms with E-state index in [2.05, 4.69) is 0 Å². The van der Waals surface area contributed by atoms with Gasteiger partial charge in [-0.3, -0.25) is 14.4 Å². The molecule has 7 nitrogen and oxygen atoms in total. The average molecular weight is 254 g/mol. The third-order valence-corrected chi connectivity index (χ3v) is 3.34. The normalized spacial score (nSPS) is 22.2. The molecule has 1 atom stereocenters. The van der Waals surface area contributed by atoms with Crippen LogP contribution < -0.4 is 0 Å². The first-order chi connectivity index (χ1) is 7.40. The van der Waals surface area contributed by atoms with Crippen LogP contribution >= 0.6 is 0 Å². The minimum Gasteiger partial charge on any atom is -0.391 e. The quantitative estimate of drug-likeness (QED) is 0.479. The Kier molecular flexibility index (Phi) is 5.09. The highest BCUT2D eigenvalue weighted by molar-refractivity contribution is 7.85. The van der Waals surface area contributed by atoms with Crippen molar-refractivity contribution in [2.24, 2.45) is 0 Å². The van der Waals surface area contributed by atoms with E-state index in [0.29, 0.717) is 26.2 Å². The van der Waals surface area contributed by atoms with E-state index in [1.807, 2.05) is 9.80 Å². The fourth-order valence-corrected chi connectivity index (χ4v) is 2.30. The SMILES string of the molecule is O=S(=O)(O)CC(O)CN1CCN(CO)CC1. The number of aliphatic hydroxyl groups excluding tert-OH is 2. The van der Waals surface area contributed by atoms with Gasteiger partial charge >= 0.3 is 0 Å². The standard InChI is InChI=1S/C8H18N2O5S/c11-7-10-3-1-9(2-4-10)5-8(12)6-16(13,14)15/h8,11-12H,1-7H2,(H,13,14,15). The number of nitrogens with zero attached hydrogens (tertiary/aromatic N) is 2. The minimum atomic E-state index is -4.12. The van der Waals surface area contributed by atoms with Gasteiger partial charge in [0, 0.05) is 32.7 Å². The molecule has 1 saturated heterocycles. The summed E-state index contributed by atoms with van der Waals surface area (Å²) in [6.45, 7) is 2.96. The fourth-order valence-electron chi connectivity index (χ4n) is 1.71. The lowest BCUT2D eigenvalue weighted by molar-refractivity contribution is 0.0374. The molecule has 1 aliphatic heterocycles. The molecule has 1 heterocycles. The van der Waals surface area contributed by atoms with Crippen molar-refractivity contribution in [2.75, 3.05) is 45.2 Å². The maximum atomic E-state index is 10.5. The van der Waals surface area contributed by atoms with Crippen molar-refractivity contribution in [1.29, 1.82) is 0 Å². The van der Waals surface area contributed by atoms with E-state index in [9.17, 15) is 13.5 Å². The maximum Gasteiger partial charge on any atom is 0.267 e. The minimum absolute atomic E-state index is 0.0153. The lowest BCUT2D eigenvalue weighted by Gasteiger charge is -2.34. The van der Waals surface area contributed by atoms with Crippen LogP contribution in [0.2, 0.25) is 0 Å². The Bertz CT molecular complexity index is 300. The molecule has 0 aromatic rings. The van der Waals surface area contributed by atoms with Crippen LogP contribution in [0.25, 0.3) is 0 Å². The van der Waals surface area contributed by atoms with Crippen LogP contribution in [0.3, 0.4) is 0 Å². The van der Waals surface area contributed by atoms with Gasteiger partial charge in [0.15, 0.2) is 0 Å². The number of piperazine rings is 1. The van der Waals surface area contributed by atoms with Crippen LogP contribution in [0.5, 0.6) is 0 Å². The highest BCUT2D eigenvalue weighted by atomic mass is 32.2. The molecule has 0 aliphatic carbocycles. The number of hydrogen-bond acceptors (Lipinski definition) is 6. The number of hydrogen-bond donors (Lipinski definition) is 3. The first-order valence-electron chi connectivity index (χ1n) is 5.09. The molecular weight excluding hydrogens is 236 g/mol. The molecule has 8 heteroatoms. The first kappa shape index (κ1) is 13.8. The van der Waals surface area contributed by atoms with Crippen molar-refractivity contribution in [1.82, 2.24) is 9.80 Å². The molecule has 0 aromatic heterocycles. The topological polar surface area (TPSA) is 101 Å². The van der Waals surface area contributed by atoms with Crippen LogP contribution in [0, 0.1) is 0 Å². The summed E-state index contributed by atoms with van der Waals surface area (Å²) >= 11 is 0. The van der Waals surface area contributed by atoms with Gasteiger partial charge in [-0.15, -0.1) is 0 Å². The lowest BCUT2D eigenvalue weighted by Crippen LogP contribution is -2.49. The summed E-state index contributed by atoms with van der Waals surface area (Å²) in [5.41, 5.74) is 0. The molecule has 0 spiro atoms. The average Bonchev–Trinajstić information content (AvgIpc) is 2.16. The summed E-state index contributed by atoms with van der Waals surface area (Å²) < 4.78 is 29.6. The molecular formula is C8H18N2O5S. The Labute approximate surface area is 95.0 Å². The second-order valence-corrected chi connectivity index (χ2v) is 5.46. The van der Waals surface area contributed by atoms with E-state index in [4.69, 9.17) is 9.66 Å². The fraction of sp³-hybridized carbons (Fsp3) is 1.00. The summed E-state index contributed by atoms with van der Waals surface area (Å²) in [4.78, 5) is 3.76. The Morgan fingerprint density at radius 2 is 1.62 bits per heavy atom. The van der Waals surface area contributed by atoms with E-state index >= 15 is 0 Å². The van der Waals surface area contributed by atoms with E-state index in [0.717, 1.165) is 0 Å².